The Morgan fingerprint density at radius 2 is 1.75 bits per heavy atom. The van der Waals surface area contributed by atoms with Gasteiger partial charge < -0.3 is 15.4 Å². The lowest BCUT2D eigenvalue weighted by Crippen LogP contribution is -2.38. The summed E-state index contributed by atoms with van der Waals surface area (Å²) in [7, 11) is 0. The van der Waals surface area contributed by atoms with Crippen molar-refractivity contribution in [2.24, 2.45) is 5.92 Å². The fourth-order valence-corrected chi connectivity index (χ4v) is 2.14. The van der Waals surface area contributed by atoms with E-state index in [9.17, 15) is 9.59 Å². The highest BCUT2D eigenvalue weighted by atomic mass is 16.5. The normalized spacial score (nSPS) is 11.3. The van der Waals surface area contributed by atoms with Crippen molar-refractivity contribution in [2.45, 2.75) is 47.0 Å². The summed E-state index contributed by atoms with van der Waals surface area (Å²) in [5, 5.41) is 5.49. The molecule has 0 aliphatic heterocycles. The van der Waals surface area contributed by atoms with Gasteiger partial charge in [-0.1, -0.05) is 52.3 Å². The van der Waals surface area contributed by atoms with Gasteiger partial charge >= 0.3 is 0 Å². The summed E-state index contributed by atoms with van der Waals surface area (Å²) in [6.45, 7) is 12.8. The quantitative estimate of drug-likeness (QED) is 0.753. The molecule has 5 nitrogen and oxygen atoms in total. The van der Waals surface area contributed by atoms with Crippen LogP contribution in [0, 0.1) is 12.8 Å². The number of carbonyl (C=O) groups excluding carboxylic acids is 2. The Hall–Kier alpha value is -2.04. The first-order valence-electron chi connectivity index (χ1n) is 8.39. The number of hydrogen-bond donors (Lipinski definition) is 2. The van der Waals surface area contributed by atoms with Gasteiger partial charge in [0.25, 0.3) is 5.91 Å². The first-order chi connectivity index (χ1) is 11.1. The number of amides is 2. The molecular formula is C19H30N2O3. The van der Waals surface area contributed by atoms with Crippen LogP contribution in [0.1, 0.15) is 45.7 Å². The van der Waals surface area contributed by atoms with Crippen LogP contribution in [0.5, 0.6) is 5.75 Å². The van der Waals surface area contributed by atoms with Gasteiger partial charge in [-0.3, -0.25) is 9.59 Å². The SMILES string of the molecule is Cc1ccc(OCC(=O)NCCNC(=O)C(C)C)c(C(C)(C)C)c1. The van der Waals surface area contributed by atoms with E-state index in [1.165, 1.54) is 0 Å². The second-order valence-electron chi connectivity index (χ2n) is 7.33. The number of hydrogen-bond acceptors (Lipinski definition) is 3. The van der Waals surface area contributed by atoms with Crippen LogP contribution in [0.4, 0.5) is 0 Å². The van der Waals surface area contributed by atoms with E-state index in [1.807, 2.05) is 32.9 Å². The average molecular weight is 334 g/mol. The number of carbonyl (C=O) groups is 2. The topological polar surface area (TPSA) is 67.4 Å². The number of aryl methyl sites for hydroxylation is 1. The van der Waals surface area contributed by atoms with Crippen LogP contribution in [-0.2, 0) is 15.0 Å². The molecule has 0 heterocycles. The van der Waals surface area contributed by atoms with Crippen molar-refractivity contribution < 1.29 is 14.3 Å². The van der Waals surface area contributed by atoms with Crippen LogP contribution in [0.15, 0.2) is 18.2 Å². The van der Waals surface area contributed by atoms with Crippen LogP contribution in [0.3, 0.4) is 0 Å². The van der Waals surface area contributed by atoms with Crippen molar-refractivity contribution in [1.82, 2.24) is 10.6 Å². The molecule has 0 aromatic heterocycles. The molecule has 1 aromatic rings. The molecule has 134 valence electrons. The lowest BCUT2D eigenvalue weighted by atomic mass is 9.85. The van der Waals surface area contributed by atoms with Crippen molar-refractivity contribution in [3.05, 3.63) is 29.3 Å². The van der Waals surface area contributed by atoms with Gasteiger partial charge in [0.05, 0.1) is 0 Å². The van der Waals surface area contributed by atoms with E-state index < -0.39 is 0 Å². The average Bonchev–Trinajstić information content (AvgIpc) is 2.49. The van der Waals surface area contributed by atoms with E-state index in [4.69, 9.17) is 4.74 Å². The van der Waals surface area contributed by atoms with Crippen molar-refractivity contribution >= 4 is 11.8 Å². The Bertz CT molecular complexity index is 574. The maximum absolute atomic E-state index is 11.9. The number of benzene rings is 1. The van der Waals surface area contributed by atoms with Gasteiger partial charge in [-0.2, -0.15) is 0 Å². The summed E-state index contributed by atoms with van der Waals surface area (Å²) in [6, 6.07) is 5.98. The van der Waals surface area contributed by atoms with Crippen LogP contribution in [0.25, 0.3) is 0 Å². The number of ether oxygens (including phenoxy) is 1. The van der Waals surface area contributed by atoms with Crippen molar-refractivity contribution in [1.29, 1.82) is 0 Å². The molecule has 0 aliphatic carbocycles. The standard InChI is InChI=1S/C19H30N2O3/c1-13(2)18(23)21-10-9-20-17(22)12-24-16-8-7-14(3)11-15(16)19(4,5)6/h7-8,11,13H,9-10,12H2,1-6H3,(H,20,22)(H,21,23). The van der Waals surface area contributed by atoms with Gasteiger partial charge in [-0.05, 0) is 24.0 Å². The Morgan fingerprint density at radius 1 is 1.12 bits per heavy atom. The lowest BCUT2D eigenvalue weighted by molar-refractivity contribution is -0.125. The van der Waals surface area contributed by atoms with Crippen LogP contribution in [-0.4, -0.2) is 31.5 Å². The Morgan fingerprint density at radius 3 is 2.33 bits per heavy atom. The minimum absolute atomic E-state index is 0.0185. The third kappa shape index (κ3) is 6.60. The molecule has 0 saturated carbocycles. The largest absolute Gasteiger partial charge is 0.483 e. The summed E-state index contributed by atoms with van der Waals surface area (Å²) < 4.78 is 5.70. The predicted molar refractivity (Wildman–Crippen MR) is 96.2 cm³/mol. The Kier molecular flexibility index (Phi) is 7.26. The molecule has 0 fully saturated rings. The molecule has 0 saturated heterocycles. The lowest BCUT2D eigenvalue weighted by Gasteiger charge is -2.23. The molecule has 0 unspecified atom stereocenters. The molecule has 0 spiro atoms. The zero-order valence-electron chi connectivity index (χ0n) is 15.7. The van der Waals surface area contributed by atoms with Crippen LogP contribution < -0.4 is 15.4 Å². The second kappa shape index (κ2) is 8.71. The third-order valence-corrected chi connectivity index (χ3v) is 3.57. The predicted octanol–water partition coefficient (Wildman–Crippen LogP) is 2.56. The molecular weight excluding hydrogens is 304 g/mol. The molecule has 0 atom stereocenters. The molecule has 24 heavy (non-hydrogen) atoms. The van der Waals surface area contributed by atoms with E-state index in [2.05, 4.69) is 37.5 Å². The highest BCUT2D eigenvalue weighted by Crippen LogP contribution is 2.32. The zero-order chi connectivity index (χ0) is 18.3. The van der Waals surface area contributed by atoms with Crippen molar-refractivity contribution in [2.75, 3.05) is 19.7 Å². The van der Waals surface area contributed by atoms with E-state index in [-0.39, 0.29) is 29.8 Å². The van der Waals surface area contributed by atoms with Gasteiger partial charge in [0, 0.05) is 19.0 Å². The monoisotopic (exact) mass is 334 g/mol. The van der Waals surface area contributed by atoms with Crippen LogP contribution in [0.2, 0.25) is 0 Å². The van der Waals surface area contributed by atoms with E-state index in [0.29, 0.717) is 13.1 Å². The zero-order valence-corrected chi connectivity index (χ0v) is 15.7. The van der Waals surface area contributed by atoms with E-state index >= 15 is 0 Å². The third-order valence-electron chi connectivity index (χ3n) is 3.57. The summed E-state index contributed by atoms with van der Waals surface area (Å²) in [4.78, 5) is 23.3. The van der Waals surface area contributed by atoms with Crippen molar-refractivity contribution in [3.8, 4) is 5.75 Å². The first kappa shape index (κ1) is 20.0. The Balaban J connectivity index is 2.47. The van der Waals surface area contributed by atoms with Gasteiger partial charge in [0.2, 0.25) is 5.91 Å². The highest BCUT2D eigenvalue weighted by Gasteiger charge is 2.19. The maximum Gasteiger partial charge on any atom is 0.258 e. The van der Waals surface area contributed by atoms with Gasteiger partial charge in [0.1, 0.15) is 5.75 Å². The minimum atomic E-state index is -0.200. The summed E-state index contributed by atoms with van der Waals surface area (Å²) >= 11 is 0. The molecule has 0 radical (unpaired) electrons. The molecule has 5 heteroatoms. The summed E-state index contributed by atoms with van der Waals surface area (Å²) in [5.41, 5.74) is 2.19. The molecule has 2 amide bonds. The number of nitrogens with one attached hydrogen (secondary N) is 2. The first-order valence-corrected chi connectivity index (χ1v) is 8.39. The fraction of sp³-hybridized carbons (Fsp3) is 0.579. The second-order valence-corrected chi connectivity index (χ2v) is 7.33. The summed E-state index contributed by atoms with van der Waals surface area (Å²) in [6.07, 6.45) is 0. The highest BCUT2D eigenvalue weighted by molar-refractivity contribution is 5.78. The van der Waals surface area contributed by atoms with Crippen LogP contribution >= 0.6 is 0 Å². The number of rotatable bonds is 7. The Labute approximate surface area is 145 Å². The molecule has 1 aromatic carbocycles. The van der Waals surface area contributed by atoms with Gasteiger partial charge in [-0.25, -0.2) is 0 Å². The molecule has 1 rings (SSSR count). The molecule has 0 bridgehead atoms. The molecule has 2 N–H and O–H groups in total. The van der Waals surface area contributed by atoms with E-state index in [0.717, 1.165) is 16.9 Å². The van der Waals surface area contributed by atoms with Gasteiger partial charge in [0.15, 0.2) is 6.61 Å². The maximum atomic E-state index is 11.9. The fourth-order valence-electron chi connectivity index (χ4n) is 2.14. The van der Waals surface area contributed by atoms with Gasteiger partial charge in [-0.15, -0.1) is 0 Å². The van der Waals surface area contributed by atoms with E-state index in [1.54, 1.807) is 0 Å². The minimum Gasteiger partial charge on any atom is -0.483 e. The smallest absolute Gasteiger partial charge is 0.258 e. The summed E-state index contributed by atoms with van der Waals surface area (Å²) in [5.74, 6) is 0.460. The van der Waals surface area contributed by atoms with Crippen molar-refractivity contribution in [3.63, 3.8) is 0 Å². The molecule has 0 aliphatic rings.